The van der Waals surface area contributed by atoms with Crippen LogP contribution < -0.4 is 0 Å². The lowest BCUT2D eigenvalue weighted by molar-refractivity contribution is 0.609. The molecule has 1 atom stereocenters. The minimum atomic E-state index is 0.697. The summed E-state index contributed by atoms with van der Waals surface area (Å²) < 4.78 is 3.05. The first-order chi connectivity index (χ1) is 15.7. The molecule has 32 heavy (non-hydrogen) atoms. The molecule has 0 amide bonds. The minimum Gasteiger partial charge on any atom is -0.139 e. The number of hydrogen-bond acceptors (Lipinski definition) is 2. The molecule has 0 nitrogen and oxygen atoms in total. The van der Waals surface area contributed by atoms with Gasteiger partial charge >= 0.3 is 0 Å². The highest BCUT2D eigenvalue weighted by molar-refractivity contribution is 7.27. The minimum absolute atomic E-state index is 0.697. The summed E-state index contributed by atoms with van der Waals surface area (Å²) in [6.07, 6.45) is 18.6. The average Bonchev–Trinajstić information content (AvgIpc) is 3.36. The number of hydrogen-bond donors (Lipinski definition) is 0. The summed E-state index contributed by atoms with van der Waals surface area (Å²) in [6, 6.07) is 14.4. The molecule has 0 aliphatic rings. The number of rotatable bonds is 16. The van der Waals surface area contributed by atoms with E-state index in [2.05, 4.69) is 57.2 Å². The number of thiophene rings is 2. The van der Waals surface area contributed by atoms with Crippen LogP contribution in [0.5, 0.6) is 0 Å². The maximum atomic E-state index is 2.48. The van der Waals surface area contributed by atoms with Crippen molar-refractivity contribution in [2.24, 2.45) is 0 Å². The van der Waals surface area contributed by atoms with Gasteiger partial charge in [-0.25, -0.2) is 0 Å². The van der Waals surface area contributed by atoms with E-state index in [1.807, 2.05) is 22.7 Å². The molecule has 0 aliphatic heterocycles. The Hall–Kier alpha value is -1.12. The highest BCUT2D eigenvalue weighted by Crippen LogP contribution is 2.34. The predicted molar refractivity (Wildman–Crippen MR) is 148 cm³/mol. The van der Waals surface area contributed by atoms with Gasteiger partial charge in [-0.05, 0) is 74.1 Å². The number of benzene rings is 1. The summed E-state index contributed by atoms with van der Waals surface area (Å²) >= 11 is 4.08. The zero-order valence-corrected chi connectivity index (χ0v) is 22.4. The molecule has 0 aliphatic carbocycles. The average molecular weight is 469 g/mol. The molecular formula is C30H44S2. The molecule has 0 saturated carbocycles. The van der Waals surface area contributed by atoms with Crippen LogP contribution in [0.4, 0.5) is 0 Å². The van der Waals surface area contributed by atoms with Gasteiger partial charge in [0.25, 0.3) is 0 Å². The molecule has 2 heteroatoms. The Morgan fingerprint density at radius 1 is 0.625 bits per heavy atom. The molecule has 0 fully saturated rings. The molecule has 176 valence electrons. The van der Waals surface area contributed by atoms with Crippen molar-refractivity contribution in [2.45, 2.75) is 117 Å². The van der Waals surface area contributed by atoms with Crippen LogP contribution in [0.1, 0.15) is 118 Å². The molecule has 2 heterocycles. The van der Waals surface area contributed by atoms with E-state index in [0.717, 1.165) is 0 Å². The van der Waals surface area contributed by atoms with E-state index in [0.29, 0.717) is 5.92 Å². The molecule has 0 spiro atoms. The maximum absolute atomic E-state index is 2.48. The SMILES string of the molecule is CCCCCCCCc1cc2sc(CCCCc3ccc(C(C)CCCC)cc3)cc2s1. The Kier molecular flexibility index (Phi) is 11.3. The van der Waals surface area contributed by atoms with Gasteiger partial charge in [0.2, 0.25) is 0 Å². The zero-order valence-electron chi connectivity index (χ0n) is 20.8. The fraction of sp³-hybridized carbons (Fsp3) is 0.600. The lowest BCUT2D eigenvalue weighted by Gasteiger charge is -2.12. The first kappa shape index (κ1) is 25.5. The molecule has 2 aromatic heterocycles. The third-order valence-corrected chi connectivity index (χ3v) is 9.18. The molecule has 1 unspecified atom stereocenters. The van der Waals surface area contributed by atoms with Crippen molar-refractivity contribution in [3.05, 3.63) is 57.3 Å². The van der Waals surface area contributed by atoms with Crippen LogP contribution in [-0.2, 0) is 19.3 Å². The van der Waals surface area contributed by atoms with Crippen molar-refractivity contribution in [3.63, 3.8) is 0 Å². The second-order valence-corrected chi connectivity index (χ2v) is 12.0. The van der Waals surface area contributed by atoms with Crippen LogP contribution in [0.2, 0.25) is 0 Å². The Bertz CT molecular complexity index is 852. The van der Waals surface area contributed by atoms with Crippen molar-refractivity contribution in [2.75, 3.05) is 0 Å². The second kappa shape index (κ2) is 14.2. The van der Waals surface area contributed by atoms with Crippen LogP contribution in [-0.4, -0.2) is 0 Å². The fourth-order valence-corrected chi connectivity index (χ4v) is 7.11. The van der Waals surface area contributed by atoms with E-state index in [-0.39, 0.29) is 0 Å². The van der Waals surface area contributed by atoms with Crippen LogP contribution in [0.15, 0.2) is 36.4 Å². The lowest BCUT2D eigenvalue weighted by Crippen LogP contribution is -1.94. The number of aryl methyl sites for hydroxylation is 3. The van der Waals surface area contributed by atoms with E-state index in [1.165, 1.54) is 110 Å². The molecule has 1 aromatic carbocycles. The summed E-state index contributed by atoms with van der Waals surface area (Å²) in [5.41, 5.74) is 3.01. The quantitative estimate of drug-likeness (QED) is 0.183. The van der Waals surface area contributed by atoms with Crippen LogP contribution in [0, 0.1) is 0 Å². The first-order valence-corrected chi connectivity index (χ1v) is 14.9. The van der Waals surface area contributed by atoms with Gasteiger partial charge in [0, 0.05) is 19.2 Å². The molecule has 0 bridgehead atoms. The Labute approximate surface area is 205 Å². The molecule has 0 saturated heterocycles. The normalized spacial score (nSPS) is 12.6. The van der Waals surface area contributed by atoms with Gasteiger partial charge < -0.3 is 0 Å². The number of unbranched alkanes of at least 4 members (excludes halogenated alkanes) is 7. The summed E-state index contributed by atoms with van der Waals surface area (Å²) in [5, 5.41) is 0. The van der Waals surface area contributed by atoms with Gasteiger partial charge in [0.15, 0.2) is 0 Å². The van der Waals surface area contributed by atoms with Crippen LogP contribution in [0.25, 0.3) is 9.40 Å². The molecule has 3 rings (SSSR count). The summed E-state index contributed by atoms with van der Waals surface area (Å²) in [6.45, 7) is 6.94. The molecule has 0 radical (unpaired) electrons. The van der Waals surface area contributed by atoms with Crippen LogP contribution in [0.3, 0.4) is 0 Å². The van der Waals surface area contributed by atoms with E-state index in [9.17, 15) is 0 Å². The van der Waals surface area contributed by atoms with E-state index < -0.39 is 0 Å². The highest BCUT2D eigenvalue weighted by Gasteiger charge is 2.08. The van der Waals surface area contributed by atoms with Gasteiger partial charge in [0.05, 0.1) is 0 Å². The van der Waals surface area contributed by atoms with Crippen molar-refractivity contribution in [1.82, 2.24) is 0 Å². The Morgan fingerprint density at radius 3 is 1.78 bits per heavy atom. The molecule has 3 aromatic rings. The van der Waals surface area contributed by atoms with Crippen molar-refractivity contribution >= 4 is 32.1 Å². The largest absolute Gasteiger partial charge is 0.139 e. The number of fused-ring (bicyclic) bond motifs is 1. The standard InChI is InChI=1S/C30H44S2/c1-4-6-8-9-10-11-16-27-22-29-30(31-27)23-28(32-29)17-13-12-15-25-18-20-26(21-19-25)24(3)14-7-5-2/h18-24H,4-17H2,1-3H3. The monoisotopic (exact) mass is 468 g/mol. The second-order valence-electron chi connectivity index (χ2n) is 9.66. The predicted octanol–water partition coefficient (Wildman–Crippen LogP) is 10.7. The third kappa shape index (κ3) is 8.34. The molecular weight excluding hydrogens is 424 g/mol. The van der Waals surface area contributed by atoms with Gasteiger partial charge in [-0.2, -0.15) is 0 Å². The fourth-order valence-electron chi connectivity index (χ4n) is 4.58. The third-order valence-electron chi connectivity index (χ3n) is 6.76. The summed E-state index contributed by atoms with van der Waals surface area (Å²) in [4.78, 5) is 3.18. The van der Waals surface area contributed by atoms with Gasteiger partial charge in [-0.15, -0.1) is 22.7 Å². The summed E-state index contributed by atoms with van der Waals surface area (Å²) in [5.74, 6) is 0.697. The van der Waals surface area contributed by atoms with Crippen molar-refractivity contribution < 1.29 is 0 Å². The lowest BCUT2D eigenvalue weighted by atomic mass is 9.94. The zero-order chi connectivity index (χ0) is 22.6. The van der Waals surface area contributed by atoms with Gasteiger partial charge in [0.1, 0.15) is 0 Å². The topological polar surface area (TPSA) is 0 Å². The van der Waals surface area contributed by atoms with E-state index in [1.54, 1.807) is 9.75 Å². The van der Waals surface area contributed by atoms with Crippen molar-refractivity contribution in [3.8, 4) is 0 Å². The van der Waals surface area contributed by atoms with E-state index in [4.69, 9.17) is 0 Å². The smallest absolute Gasteiger partial charge is 0.0456 e. The summed E-state index contributed by atoms with van der Waals surface area (Å²) in [7, 11) is 0. The highest BCUT2D eigenvalue weighted by atomic mass is 32.1. The van der Waals surface area contributed by atoms with Gasteiger partial charge in [-0.1, -0.05) is 90.0 Å². The first-order valence-electron chi connectivity index (χ1n) is 13.3. The van der Waals surface area contributed by atoms with E-state index >= 15 is 0 Å². The van der Waals surface area contributed by atoms with Crippen LogP contribution >= 0.6 is 22.7 Å². The molecule has 0 N–H and O–H groups in total. The maximum Gasteiger partial charge on any atom is 0.0456 e. The Balaban J connectivity index is 1.35. The van der Waals surface area contributed by atoms with Crippen molar-refractivity contribution in [1.29, 1.82) is 0 Å². The Morgan fingerprint density at radius 2 is 1.16 bits per heavy atom. The van der Waals surface area contributed by atoms with Gasteiger partial charge in [-0.3, -0.25) is 0 Å².